The van der Waals surface area contributed by atoms with Crippen LogP contribution < -0.4 is 10.5 Å². The monoisotopic (exact) mass is 486 g/mol. The van der Waals surface area contributed by atoms with Crippen molar-refractivity contribution in [3.05, 3.63) is 47.5 Å². The van der Waals surface area contributed by atoms with Gasteiger partial charge < -0.3 is 10.4 Å². The molecule has 164 valence electrons. The van der Waals surface area contributed by atoms with Gasteiger partial charge in [-0.15, -0.1) is 0 Å². The Hall–Kier alpha value is -2.19. The molecule has 1 atom stereocenters. The zero-order valence-corrected chi connectivity index (χ0v) is 17.3. The first-order valence-corrected chi connectivity index (χ1v) is 11.2. The summed E-state index contributed by atoms with van der Waals surface area (Å²) >= 11 is 5.88. The number of amides is 1. The molecule has 0 fully saturated rings. The molecule has 0 radical (unpaired) electrons. The number of rotatable bonds is 5. The lowest BCUT2D eigenvalue weighted by Crippen LogP contribution is -2.52. The van der Waals surface area contributed by atoms with Gasteiger partial charge in [-0.2, -0.15) is 13.2 Å². The third-order valence-electron chi connectivity index (χ3n) is 3.96. The van der Waals surface area contributed by atoms with E-state index in [2.05, 4.69) is 0 Å². The maximum absolute atomic E-state index is 12.7. The van der Waals surface area contributed by atoms with Crippen molar-refractivity contribution in [2.75, 3.05) is 5.32 Å². The summed E-state index contributed by atoms with van der Waals surface area (Å²) in [5.41, 5.74) is -4.07. The molecule has 0 unspecified atom stereocenters. The first kappa shape index (κ1) is 24.1. The van der Waals surface area contributed by atoms with Crippen LogP contribution in [0.3, 0.4) is 0 Å². The summed E-state index contributed by atoms with van der Waals surface area (Å²) in [7, 11) is -8.22. The van der Waals surface area contributed by atoms with E-state index in [1.165, 1.54) is 0 Å². The van der Waals surface area contributed by atoms with Gasteiger partial charge in [0.15, 0.2) is 0 Å². The molecule has 0 saturated carbocycles. The highest BCUT2D eigenvalue weighted by atomic mass is 35.5. The average molecular weight is 487 g/mol. The van der Waals surface area contributed by atoms with Gasteiger partial charge in [0, 0.05) is 0 Å². The van der Waals surface area contributed by atoms with E-state index in [0.717, 1.165) is 42.5 Å². The number of halogens is 4. The maximum Gasteiger partial charge on any atom is 0.426 e. The molecule has 0 heterocycles. The third-order valence-corrected chi connectivity index (χ3v) is 6.96. The van der Waals surface area contributed by atoms with Gasteiger partial charge in [0.25, 0.3) is 5.91 Å². The standard InChI is InChI=1S/C16H14ClF3N2O6S2/c1-15(24,16(18,19)20)14(23)22-13-7-6-11(8-12(13)17)29(25,26)9-2-4-10(5-3-9)30(21,27)28/h2-8,24H,1H3,(H,22,23)(H2,21,27,28)/t15-/m1/s1. The van der Waals surface area contributed by atoms with E-state index in [0.29, 0.717) is 0 Å². The normalized spacial score (nSPS) is 14.8. The number of hydrogen-bond acceptors (Lipinski definition) is 6. The highest BCUT2D eigenvalue weighted by molar-refractivity contribution is 7.91. The molecule has 0 spiro atoms. The van der Waals surface area contributed by atoms with Crippen LogP contribution in [-0.4, -0.2) is 39.6 Å². The molecule has 30 heavy (non-hydrogen) atoms. The Bertz CT molecular complexity index is 1190. The second-order valence-corrected chi connectivity index (χ2v) is 10.1. The van der Waals surface area contributed by atoms with Crippen LogP contribution in [0.2, 0.25) is 5.02 Å². The van der Waals surface area contributed by atoms with Gasteiger partial charge >= 0.3 is 6.18 Å². The molecule has 0 aliphatic rings. The van der Waals surface area contributed by atoms with Gasteiger partial charge in [-0.3, -0.25) is 4.79 Å². The first-order valence-electron chi connectivity index (χ1n) is 7.76. The fourth-order valence-electron chi connectivity index (χ4n) is 2.08. The van der Waals surface area contributed by atoms with Gasteiger partial charge in [-0.25, -0.2) is 22.0 Å². The number of sulfone groups is 1. The Morgan fingerprint density at radius 1 is 1.00 bits per heavy atom. The molecule has 14 heteroatoms. The minimum atomic E-state index is -5.25. The van der Waals surface area contributed by atoms with Crippen LogP contribution in [0, 0.1) is 0 Å². The fraction of sp³-hybridized carbons (Fsp3) is 0.188. The van der Waals surface area contributed by atoms with E-state index in [1.807, 2.05) is 0 Å². The number of aliphatic hydroxyl groups is 1. The number of anilines is 1. The molecule has 2 aromatic carbocycles. The Balaban J connectivity index is 2.35. The quantitative estimate of drug-likeness (QED) is 0.590. The van der Waals surface area contributed by atoms with Crippen molar-refractivity contribution in [1.29, 1.82) is 0 Å². The molecule has 2 rings (SSSR count). The van der Waals surface area contributed by atoms with Gasteiger partial charge in [0.2, 0.25) is 25.5 Å². The predicted molar refractivity (Wildman–Crippen MR) is 100 cm³/mol. The van der Waals surface area contributed by atoms with Gasteiger partial charge in [-0.05, 0) is 49.4 Å². The van der Waals surface area contributed by atoms with Gasteiger partial charge in [0.1, 0.15) is 0 Å². The summed E-state index contributed by atoms with van der Waals surface area (Å²) in [6, 6.07) is 6.75. The van der Waals surface area contributed by atoms with Crippen molar-refractivity contribution in [2.45, 2.75) is 33.4 Å². The third kappa shape index (κ3) is 4.75. The van der Waals surface area contributed by atoms with Gasteiger partial charge in [0.05, 0.1) is 25.4 Å². The lowest BCUT2D eigenvalue weighted by Gasteiger charge is -2.25. The zero-order valence-electron chi connectivity index (χ0n) is 14.9. The number of nitrogens with one attached hydrogen (secondary N) is 1. The molecule has 0 aliphatic heterocycles. The number of sulfonamides is 1. The lowest BCUT2D eigenvalue weighted by molar-refractivity contribution is -0.242. The molecule has 2 aromatic rings. The lowest BCUT2D eigenvalue weighted by atomic mass is 10.1. The Kier molecular flexibility index (Phi) is 6.27. The van der Waals surface area contributed by atoms with Crippen LogP contribution in [0.4, 0.5) is 18.9 Å². The van der Waals surface area contributed by atoms with E-state index in [9.17, 15) is 39.9 Å². The number of primary sulfonamides is 1. The zero-order chi connectivity index (χ0) is 23.1. The van der Waals surface area contributed by atoms with E-state index < -0.39 is 42.6 Å². The van der Waals surface area contributed by atoms with Crippen molar-refractivity contribution in [3.8, 4) is 0 Å². The first-order chi connectivity index (χ1) is 13.5. The van der Waals surface area contributed by atoms with E-state index in [4.69, 9.17) is 16.7 Å². The number of benzene rings is 2. The fourth-order valence-corrected chi connectivity index (χ4v) is 4.18. The second-order valence-electron chi connectivity index (χ2n) is 6.19. The summed E-state index contributed by atoms with van der Waals surface area (Å²) < 4.78 is 86.0. The predicted octanol–water partition coefficient (Wildman–Crippen LogP) is 2.07. The van der Waals surface area contributed by atoms with E-state index in [-0.39, 0.29) is 27.3 Å². The minimum absolute atomic E-state index is 0.250. The van der Waals surface area contributed by atoms with Crippen LogP contribution in [0.15, 0.2) is 57.2 Å². The highest BCUT2D eigenvalue weighted by Crippen LogP contribution is 2.33. The second kappa shape index (κ2) is 7.81. The number of carbonyl (C=O) groups is 1. The summed E-state index contributed by atoms with van der Waals surface area (Å²) in [4.78, 5) is 10.7. The van der Waals surface area contributed by atoms with Crippen molar-refractivity contribution in [1.82, 2.24) is 0 Å². The van der Waals surface area contributed by atoms with Crippen molar-refractivity contribution < 1.29 is 39.9 Å². The largest absolute Gasteiger partial charge is 0.426 e. The maximum atomic E-state index is 12.7. The SMILES string of the molecule is C[C@@](O)(C(=O)Nc1ccc(S(=O)(=O)c2ccc(S(N)(=O)=O)cc2)cc1Cl)C(F)(F)F. The number of alkyl halides is 3. The van der Waals surface area contributed by atoms with E-state index in [1.54, 1.807) is 5.32 Å². The average Bonchev–Trinajstić information content (AvgIpc) is 2.61. The highest BCUT2D eigenvalue weighted by Gasteiger charge is 2.55. The van der Waals surface area contributed by atoms with Crippen molar-refractivity contribution in [2.24, 2.45) is 5.14 Å². The summed E-state index contributed by atoms with van der Waals surface area (Å²) in [6.07, 6.45) is -5.25. The molecule has 0 bridgehead atoms. The molecular weight excluding hydrogens is 473 g/mol. The molecule has 1 amide bonds. The van der Waals surface area contributed by atoms with E-state index >= 15 is 0 Å². The molecule has 0 aromatic heterocycles. The van der Waals surface area contributed by atoms with Crippen LogP contribution in [0.5, 0.6) is 0 Å². The minimum Gasteiger partial charge on any atom is -0.373 e. The van der Waals surface area contributed by atoms with Gasteiger partial charge in [-0.1, -0.05) is 11.6 Å². The smallest absolute Gasteiger partial charge is 0.373 e. The summed E-state index contributed by atoms with van der Waals surface area (Å²) in [5.74, 6) is -1.81. The van der Waals surface area contributed by atoms with Crippen molar-refractivity contribution in [3.63, 3.8) is 0 Å². The Labute approximate surface area is 174 Å². The van der Waals surface area contributed by atoms with Crippen molar-refractivity contribution >= 4 is 43.1 Å². The van der Waals surface area contributed by atoms with Crippen LogP contribution in [0.1, 0.15) is 6.92 Å². The van der Waals surface area contributed by atoms with Crippen LogP contribution >= 0.6 is 11.6 Å². The molecular formula is C16H14ClF3N2O6S2. The number of hydrogen-bond donors (Lipinski definition) is 3. The Morgan fingerprint density at radius 3 is 1.90 bits per heavy atom. The molecule has 0 saturated heterocycles. The summed E-state index contributed by atoms with van der Waals surface area (Å²) in [6.45, 7) is 0.250. The molecule has 4 N–H and O–H groups in total. The molecule has 8 nitrogen and oxygen atoms in total. The number of nitrogens with two attached hydrogens (primary N) is 1. The topological polar surface area (TPSA) is 144 Å². The Morgan fingerprint density at radius 2 is 1.47 bits per heavy atom. The van der Waals surface area contributed by atoms with Crippen LogP contribution in [0.25, 0.3) is 0 Å². The number of carbonyl (C=O) groups excluding carboxylic acids is 1. The summed E-state index contributed by atoms with van der Waals surface area (Å²) in [5, 5.41) is 15.7. The van der Waals surface area contributed by atoms with Crippen LogP contribution in [-0.2, 0) is 24.7 Å². The molecule has 0 aliphatic carbocycles.